The lowest BCUT2D eigenvalue weighted by Crippen LogP contribution is -2.69. The molecule has 18 heteroatoms. The van der Waals surface area contributed by atoms with Gasteiger partial charge in [-0.05, 0) is 38.0 Å². The molecule has 1 aromatic carbocycles. The minimum atomic E-state index is -1.73. The van der Waals surface area contributed by atoms with Gasteiger partial charge in [0.15, 0.2) is 10.8 Å². The number of amides is 3. The van der Waals surface area contributed by atoms with Gasteiger partial charge in [0.2, 0.25) is 17.4 Å². The lowest BCUT2D eigenvalue weighted by molar-refractivity contribution is -0.384. The van der Waals surface area contributed by atoms with E-state index in [1.165, 1.54) is 50.6 Å². The fraction of sp³-hybridized carbons (Fsp3) is 0.400. The van der Waals surface area contributed by atoms with Crippen LogP contribution >= 0.6 is 22.9 Å². The number of methoxy groups -OCH3 is 1. The summed E-state index contributed by atoms with van der Waals surface area (Å²) in [4.78, 5) is 81.2. The van der Waals surface area contributed by atoms with Gasteiger partial charge in [0.1, 0.15) is 24.2 Å². The first-order chi connectivity index (χ1) is 20.3. The normalized spacial score (nSPS) is 16.3. The minimum absolute atomic E-state index is 0.00374. The summed E-state index contributed by atoms with van der Waals surface area (Å²) >= 11 is 6.47. The first kappa shape index (κ1) is 32.9. The molecule has 0 unspecified atom stereocenters. The molecule has 0 saturated carbocycles. The van der Waals surface area contributed by atoms with E-state index in [1.807, 2.05) is 0 Å². The molecule has 1 aromatic heterocycles. The smallest absolute Gasteiger partial charge is 0.353 e. The summed E-state index contributed by atoms with van der Waals surface area (Å²) < 4.78 is 9.86. The van der Waals surface area contributed by atoms with Crippen LogP contribution in [0.15, 0.2) is 34.8 Å². The van der Waals surface area contributed by atoms with Crippen LogP contribution in [0.2, 0.25) is 0 Å². The highest BCUT2D eigenvalue weighted by Crippen LogP contribution is 2.20. The number of halogens is 1. The quantitative estimate of drug-likeness (QED) is 0.0671. The Morgan fingerprint density at radius 2 is 1.93 bits per heavy atom. The number of carbonyl (C=O) groups excluding carboxylic acids is 5. The topological polar surface area (TPSA) is 218 Å². The van der Waals surface area contributed by atoms with Gasteiger partial charge in [0, 0.05) is 23.9 Å². The predicted octanol–water partition coefficient (Wildman–Crippen LogP) is 1.41. The summed E-state index contributed by atoms with van der Waals surface area (Å²) in [5.41, 5.74) is -1.85. The Hall–Kier alpha value is -4.64. The maximum atomic E-state index is 13.3. The first-order valence-corrected chi connectivity index (χ1v) is 13.9. The fourth-order valence-corrected chi connectivity index (χ4v) is 4.24. The Balaban J connectivity index is 1.76. The lowest BCUT2D eigenvalue weighted by Gasteiger charge is -2.37. The average Bonchev–Trinajstić information content (AvgIpc) is 3.44. The number of nitro benzene ring substituents is 1. The summed E-state index contributed by atoms with van der Waals surface area (Å²) in [7, 11) is 1.23. The summed E-state index contributed by atoms with van der Waals surface area (Å²) in [5.74, 6) is -3.62. The number of ether oxygens (including phenoxy) is 2. The van der Waals surface area contributed by atoms with Crippen molar-refractivity contribution in [1.82, 2.24) is 15.6 Å². The second kappa shape index (κ2) is 14.5. The van der Waals surface area contributed by atoms with Gasteiger partial charge in [0.25, 0.3) is 11.6 Å². The van der Waals surface area contributed by atoms with Crippen molar-refractivity contribution in [3.8, 4) is 0 Å². The fourth-order valence-electron chi connectivity index (χ4n) is 3.46. The van der Waals surface area contributed by atoms with E-state index >= 15 is 0 Å². The summed E-state index contributed by atoms with van der Waals surface area (Å²) in [6.45, 7) is 2.44. The first-order valence-electron chi connectivity index (χ1n) is 12.5. The summed E-state index contributed by atoms with van der Waals surface area (Å²) in [5, 5.41) is 23.7. The van der Waals surface area contributed by atoms with Crippen LogP contribution in [-0.2, 0) is 44.9 Å². The number of hydrogen-bond donors (Lipinski definition) is 3. The third-order valence-electron chi connectivity index (χ3n) is 5.89. The third-order valence-corrected chi connectivity index (χ3v) is 6.89. The van der Waals surface area contributed by atoms with E-state index in [1.54, 1.807) is 0 Å². The number of oxime groups is 1. The van der Waals surface area contributed by atoms with Crippen LogP contribution in [0.25, 0.3) is 0 Å². The minimum Gasteiger partial charge on any atom is -0.469 e. The number of alkyl halides is 1. The Morgan fingerprint density at radius 1 is 1.23 bits per heavy atom. The molecule has 1 saturated heterocycles. The van der Waals surface area contributed by atoms with Crippen molar-refractivity contribution in [2.24, 2.45) is 5.16 Å². The van der Waals surface area contributed by atoms with E-state index in [9.17, 15) is 34.1 Å². The van der Waals surface area contributed by atoms with Crippen molar-refractivity contribution in [3.05, 3.63) is 51.0 Å². The average molecular weight is 639 g/mol. The van der Waals surface area contributed by atoms with Crippen molar-refractivity contribution in [2.75, 3.05) is 18.3 Å². The number of nitrogens with one attached hydrogen (secondary N) is 3. The lowest BCUT2D eigenvalue weighted by atomic mass is 9.94. The Bertz CT molecular complexity index is 1430. The van der Waals surface area contributed by atoms with Crippen molar-refractivity contribution < 1.29 is 43.2 Å². The van der Waals surface area contributed by atoms with Gasteiger partial charge in [-0.3, -0.25) is 29.3 Å². The largest absolute Gasteiger partial charge is 0.469 e. The number of benzene rings is 1. The van der Waals surface area contributed by atoms with Gasteiger partial charge in [-0.2, -0.15) is 0 Å². The molecule has 2 atom stereocenters. The molecule has 230 valence electrons. The summed E-state index contributed by atoms with van der Waals surface area (Å²) in [6.07, 6.45) is 0.203. The van der Waals surface area contributed by atoms with Crippen molar-refractivity contribution in [2.45, 2.75) is 51.0 Å². The second-order valence-electron chi connectivity index (χ2n) is 9.44. The molecule has 0 aliphatic carbocycles. The highest BCUT2D eigenvalue weighted by atomic mass is 35.5. The van der Waals surface area contributed by atoms with E-state index in [2.05, 4.69) is 30.8 Å². The van der Waals surface area contributed by atoms with Gasteiger partial charge in [-0.25, -0.2) is 9.78 Å². The highest BCUT2D eigenvalue weighted by molar-refractivity contribution is 7.14. The monoisotopic (exact) mass is 638 g/mol. The summed E-state index contributed by atoms with van der Waals surface area (Å²) in [6, 6.07) is 3.82. The standard InChI is InChI=1S/C25H27ClN6O10S/c1-25(2,23(37)41-11-13-4-6-14(7-5-13)32(38)39)42-31-20(16-12-43-24(28-16)29-17(33)10-26)22(36)30-19-15(27-21(19)35)8-9-18(34)40-3/h4-7,12,15,19H,8-11H2,1-3H3,(H,27,35)(H,30,36)(H,28,29,33)/b31-20-/t15-,19+/m0/s1. The number of hydrogen-bond acceptors (Lipinski definition) is 13. The number of non-ortho nitro benzene ring substituents is 1. The zero-order valence-electron chi connectivity index (χ0n) is 23.1. The van der Waals surface area contributed by atoms with Gasteiger partial charge in [-0.15, -0.1) is 22.9 Å². The van der Waals surface area contributed by atoms with Crippen molar-refractivity contribution in [1.29, 1.82) is 0 Å². The zero-order chi connectivity index (χ0) is 31.7. The van der Waals surface area contributed by atoms with E-state index < -0.39 is 58.0 Å². The molecule has 0 spiro atoms. The molecule has 1 fully saturated rings. The molecular formula is C25H27ClN6O10S. The number of anilines is 1. The molecule has 1 aliphatic heterocycles. The number of thiazole rings is 1. The molecule has 3 N–H and O–H groups in total. The molecule has 3 amide bonds. The molecule has 3 rings (SSSR count). The molecule has 2 aromatic rings. The third kappa shape index (κ3) is 8.92. The van der Waals surface area contributed by atoms with E-state index in [4.69, 9.17) is 21.2 Å². The number of esters is 2. The zero-order valence-corrected chi connectivity index (χ0v) is 24.7. The van der Waals surface area contributed by atoms with Crippen LogP contribution in [0.3, 0.4) is 0 Å². The van der Waals surface area contributed by atoms with Crippen LogP contribution in [0.4, 0.5) is 10.8 Å². The number of carbonyl (C=O) groups is 5. The predicted molar refractivity (Wildman–Crippen MR) is 151 cm³/mol. The molecule has 43 heavy (non-hydrogen) atoms. The second-order valence-corrected chi connectivity index (χ2v) is 10.6. The number of β-lactam (4-membered cyclic amide) rings is 1. The number of nitrogens with zero attached hydrogens (tertiary/aromatic N) is 3. The molecule has 16 nitrogen and oxygen atoms in total. The Morgan fingerprint density at radius 3 is 2.53 bits per heavy atom. The highest BCUT2D eigenvalue weighted by Gasteiger charge is 2.41. The van der Waals surface area contributed by atoms with Crippen LogP contribution < -0.4 is 16.0 Å². The Labute approximate surface area is 253 Å². The van der Waals surface area contributed by atoms with Crippen LogP contribution in [0.1, 0.15) is 37.9 Å². The maximum absolute atomic E-state index is 13.3. The van der Waals surface area contributed by atoms with E-state index in [-0.39, 0.29) is 41.8 Å². The van der Waals surface area contributed by atoms with Gasteiger partial charge >= 0.3 is 11.9 Å². The SMILES string of the molecule is COC(=O)CC[C@@H]1NC(=O)[C@@H]1NC(=O)/C(=N\OC(C)(C)C(=O)OCc1ccc([N+](=O)[O-])cc1)c1csc(NC(=O)CCl)n1. The number of aromatic nitrogens is 1. The number of nitro groups is 1. The van der Waals surface area contributed by atoms with Gasteiger partial charge < -0.3 is 30.3 Å². The Kier molecular flexibility index (Phi) is 11.1. The van der Waals surface area contributed by atoms with Crippen molar-refractivity contribution >= 4 is 69.1 Å². The molecule has 1 aliphatic rings. The molecule has 0 bridgehead atoms. The van der Waals surface area contributed by atoms with Gasteiger partial charge in [0.05, 0.1) is 18.1 Å². The molecule has 0 radical (unpaired) electrons. The number of rotatable bonds is 14. The van der Waals surface area contributed by atoms with E-state index in [0.717, 1.165) is 11.3 Å². The molecular weight excluding hydrogens is 612 g/mol. The molecule has 2 heterocycles. The van der Waals surface area contributed by atoms with E-state index in [0.29, 0.717) is 5.56 Å². The van der Waals surface area contributed by atoms with Gasteiger partial charge in [-0.1, -0.05) is 5.16 Å². The van der Waals surface area contributed by atoms with Crippen LogP contribution in [0.5, 0.6) is 0 Å². The van der Waals surface area contributed by atoms with Crippen LogP contribution in [0, 0.1) is 10.1 Å². The maximum Gasteiger partial charge on any atom is 0.353 e. The van der Waals surface area contributed by atoms with Crippen LogP contribution in [-0.4, -0.2) is 76.0 Å². The van der Waals surface area contributed by atoms with Crippen molar-refractivity contribution in [3.63, 3.8) is 0 Å².